The molecule has 2 aromatic heterocycles. The van der Waals surface area contributed by atoms with Gasteiger partial charge in [-0.25, -0.2) is 9.97 Å². The molecule has 8 heteroatoms. The Balaban J connectivity index is 1.23. The molecule has 2 aliphatic heterocycles. The summed E-state index contributed by atoms with van der Waals surface area (Å²) >= 11 is 1.74. The molecule has 1 amide bonds. The molecule has 174 valence electrons. The third-order valence-corrected chi connectivity index (χ3v) is 7.99. The summed E-state index contributed by atoms with van der Waals surface area (Å²) in [4.78, 5) is 31.6. The molecule has 2 aliphatic rings. The Morgan fingerprint density at radius 3 is 2.61 bits per heavy atom. The molecular weight excluding hydrogens is 434 g/mol. The summed E-state index contributed by atoms with van der Waals surface area (Å²) in [5.74, 6) is 2.17. The fraction of sp³-hybridized carbons (Fsp3) is 0.480. The van der Waals surface area contributed by atoms with Crippen molar-refractivity contribution in [2.75, 3.05) is 56.2 Å². The van der Waals surface area contributed by atoms with Crippen molar-refractivity contribution in [1.82, 2.24) is 14.9 Å². The molecule has 0 aliphatic carbocycles. The van der Waals surface area contributed by atoms with E-state index in [9.17, 15) is 4.79 Å². The van der Waals surface area contributed by atoms with Gasteiger partial charge in [0, 0.05) is 49.8 Å². The number of piperidine rings is 1. The SMILES string of the molecule is CCc1cc2c(N3CCCC(C(=O)N4CCN(c5ccc(OC)cc5)CC4)C3)ncnc2s1. The average Bonchev–Trinajstić information content (AvgIpc) is 3.32. The predicted octanol–water partition coefficient (Wildman–Crippen LogP) is 3.83. The summed E-state index contributed by atoms with van der Waals surface area (Å²) in [6.07, 6.45) is 4.63. The lowest BCUT2D eigenvalue weighted by molar-refractivity contribution is -0.136. The molecule has 1 unspecified atom stereocenters. The average molecular weight is 466 g/mol. The third-order valence-electron chi connectivity index (χ3n) is 6.81. The Morgan fingerprint density at radius 1 is 1.09 bits per heavy atom. The van der Waals surface area contributed by atoms with Crippen molar-refractivity contribution in [3.05, 3.63) is 41.5 Å². The molecule has 0 saturated carbocycles. The van der Waals surface area contributed by atoms with E-state index in [1.807, 2.05) is 12.1 Å². The number of methoxy groups -OCH3 is 1. The second kappa shape index (κ2) is 9.55. The van der Waals surface area contributed by atoms with Gasteiger partial charge in [-0.15, -0.1) is 11.3 Å². The lowest BCUT2D eigenvalue weighted by Crippen LogP contribution is -2.52. The quantitative estimate of drug-likeness (QED) is 0.571. The van der Waals surface area contributed by atoms with E-state index >= 15 is 0 Å². The first kappa shape index (κ1) is 21.9. The second-order valence-corrected chi connectivity index (χ2v) is 9.89. The van der Waals surface area contributed by atoms with Crippen molar-refractivity contribution < 1.29 is 9.53 Å². The van der Waals surface area contributed by atoms with Gasteiger partial charge in [-0.1, -0.05) is 6.92 Å². The molecule has 2 saturated heterocycles. The van der Waals surface area contributed by atoms with E-state index < -0.39 is 0 Å². The molecule has 4 heterocycles. The number of ether oxygens (including phenoxy) is 1. The molecular formula is C25H31N5O2S. The topological polar surface area (TPSA) is 61.8 Å². The van der Waals surface area contributed by atoms with Crippen LogP contribution in [0.4, 0.5) is 11.5 Å². The minimum absolute atomic E-state index is 0.0283. The Kier molecular flexibility index (Phi) is 6.35. The monoisotopic (exact) mass is 465 g/mol. The second-order valence-electron chi connectivity index (χ2n) is 8.78. The number of thiophene rings is 1. The van der Waals surface area contributed by atoms with Gasteiger partial charge >= 0.3 is 0 Å². The highest BCUT2D eigenvalue weighted by Gasteiger charge is 2.32. The number of piperazine rings is 1. The first-order chi connectivity index (χ1) is 16.2. The zero-order valence-electron chi connectivity index (χ0n) is 19.4. The zero-order valence-corrected chi connectivity index (χ0v) is 20.2. The summed E-state index contributed by atoms with van der Waals surface area (Å²) in [7, 11) is 1.68. The van der Waals surface area contributed by atoms with E-state index in [-0.39, 0.29) is 5.92 Å². The van der Waals surface area contributed by atoms with Gasteiger partial charge in [0.2, 0.25) is 5.91 Å². The number of aromatic nitrogens is 2. The lowest BCUT2D eigenvalue weighted by Gasteiger charge is -2.40. The van der Waals surface area contributed by atoms with Crippen LogP contribution >= 0.6 is 11.3 Å². The van der Waals surface area contributed by atoms with Crippen LogP contribution in [0.3, 0.4) is 0 Å². The molecule has 0 bridgehead atoms. The Bertz CT molecular complexity index is 1110. The number of hydrogen-bond acceptors (Lipinski definition) is 7. The number of anilines is 2. The Morgan fingerprint density at radius 2 is 1.88 bits per heavy atom. The fourth-order valence-corrected chi connectivity index (χ4v) is 5.86. The van der Waals surface area contributed by atoms with Crippen LogP contribution in [-0.2, 0) is 11.2 Å². The van der Waals surface area contributed by atoms with Gasteiger partial charge in [0.1, 0.15) is 22.7 Å². The van der Waals surface area contributed by atoms with Crippen LogP contribution in [0.5, 0.6) is 5.75 Å². The summed E-state index contributed by atoms with van der Waals surface area (Å²) in [6, 6.07) is 10.4. The maximum Gasteiger partial charge on any atom is 0.227 e. The number of amides is 1. The van der Waals surface area contributed by atoms with Gasteiger partial charge in [-0.05, 0) is 49.6 Å². The Labute approximate surface area is 199 Å². The van der Waals surface area contributed by atoms with E-state index in [2.05, 4.69) is 49.8 Å². The van der Waals surface area contributed by atoms with E-state index in [1.54, 1.807) is 24.8 Å². The number of nitrogens with zero attached hydrogens (tertiary/aromatic N) is 5. The molecule has 5 rings (SSSR count). The lowest BCUT2D eigenvalue weighted by atomic mass is 9.96. The van der Waals surface area contributed by atoms with Crippen LogP contribution in [0.1, 0.15) is 24.6 Å². The van der Waals surface area contributed by atoms with Crippen molar-refractivity contribution in [2.45, 2.75) is 26.2 Å². The highest BCUT2D eigenvalue weighted by molar-refractivity contribution is 7.18. The summed E-state index contributed by atoms with van der Waals surface area (Å²) in [5, 5.41) is 1.13. The standard InChI is InChI=1S/C25H31N5O2S/c1-3-21-15-22-23(26-17-27-24(22)33-21)30-10-4-5-18(16-30)25(31)29-13-11-28(12-14-29)19-6-8-20(32-2)9-7-19/h6-9,15,17-18H,3-5,10-14,16H2,1-2H3. The molecule has 1 aromatic carbocycles. The summed E-state index contributed by atoms with van der Waals surface area (Å²) < 4.78 is 5.26. The van der Waals surface area contributed by atoms with Crippen LogP contribution in [0, 0.1) is 5.92 Å². The fourth-order valence-electron chi connectivity index (χ4n) is 4.93. The molecule has 2 fully saturated rings. The van der Waals surface area contributed by atoms with Crippen molar-refractivity contribution in [1.29, 1.82) is 0 Å². The molecule has 0 N–H and O–H groups in total. The maximum atomic E-state index is 13.4. The van der Waals surface area contributed by atoms with Gasteiger partial charge in [-0.2, -0.15) is 0 Å². The molecule has 33 heavy (non-hydrogen) atoms. The maximum absolute atomic E-state index is 13.4. The van der Waals surface area contributed by atoms with Crippen molar-refractivity contribution in [2.24, 2.45) is 5.92 Å². The summed E-state index contributed by atoms with van der Waals surface area (Å²) in [5.41, 5.74) is 1.18. The van der Waals surface area contributed by atoms with Gasteiger partial charge in [-0.3, -0.25) is 4.79 Å². The van der Waals surface area contributed by atoms with Gasteiger partial charge in [0.15, 0.2) is 0 Å². The predicted molar refractivity (Wildman–Crippen MR) is 134 cm³/mol. The smallest absolute Gasteiger partial charge is 0.227 e. The minimum Gasteiger partial charge on any atom is -0.497 e. The summed E-state index contributed by atoms with van der Waals surface area (Å²) in [6.45, 7) is 7.10. The highest BCUT2D eigenvalue weighted by atomic mass is 32.1. The van der Waals surface area contributed by atoms with Crippen LogP contribution in [0.2, 0.25) is 0 Å². The minimum atomic E-state index is 0.0283. The molecule has 7 nitrogen and oxygen atoms in total. The number of carbonyl (C=O) groups is 1. The largest absolute Gasteiger partial charge is 0.497 e. The molecule has 3 aromatic rings. The van der Waals surface area contributed by atoms with Gasteiger partial charge in [0.25, 0.3) is 0 Å². The first-order valence-corrected chi connectivity index (χ1v) is 12.6. The molecule has 0 radical (unpaired) electrons. The van der Waals surface area contributed by atoms with Crippen LogP contribution in [0.15, 0.2) is 36.7 Å². The van der Waals surface area contributed by atoms with Gasteiger partial charge in [0.05, 0.1) is 18.4 Å². The van der Waals surface area contributed by atoms with Gasteiger partial charge < -0.3 is 19.4 Å². The van der Waals surface area contributed by atoms with Crippen molar-refractivity contribution >= 4 is 39.0 Å². The van der Waals surface area contributed by atoms with E-state index in [4.69, 9.17) is 4.74 Å². The Hall–Kier alpha value is -2.87. The van der Waals surface area contributed by atoms with E-state index in [0.717, 1.165) is 80.3 Å². The first-order valence-electron chi connectivity index (χ1n) is 11.8. The number of carbonyl (C=O) groups excluding carboxylic acids is 1. The number of fused-ring (bicyclic) bond motifs is 1. The van der Waals surface area contributed by atoms with Crippen LogP contribution in [0.25, 0.3) is 10.2 Å². The van der Waals surface area contributed by atoms with E-state index in [1.165, 1.54) is 10.6 Å². The number of aryl methyl sites for hydroxylation is 1. The number of hydrogen-bond donors (Lipinski definition) is 0. The highest BCUT2D eigenvalue weighted by Crippen LogP contribution is 2.33. The normalized spacial score (nSPS) is 19.2. The molecule has 1 atom stereocenters. The molecule has 0 spiro atoms. The number of rotatable bonds is 5. The van der Waals surface area contributed by atoms with Crippen molar-refractivity contribution in [3.8, 4) is 5.75 Å². The number of benzene rings is 1. The van der Waals surface area contributed by atoms with Crippen molar-refractivity contribution in [3.63, 3.8) is 0 Å². The van der Waals surface area contributed by atoms with Crippen LogP contribution < -0.4 is 14.5 Å². The van der Waals surface area contributed by atoms with Crippen LogP contribution in [-0.4, -0.2) is 67.2 Å². The van der Waals surface area contributed by atoms with E-state index in [0.29, 0.717) is 5.91 Å². The third kappa shape index (κ3) is 4.49. The zero-order chi connectivity index (χ0) is 22.8.